The Morgan fingerprint density at radius 1 is 1.16 bits per heavy atom. The van der Waals surface area contributed by atoms with Gasteiger partial charge in [-0.2, -0.15) is 9.29 Å². The van der Waals surface area contributed by atoms with Crippen LogP contribution in [0.5, 0.6) is 0 Å². The maximum absolute atomic E-state index is 13.1. The predicted molar refractivity (Wildman–Crippen MR) is 124 cm³/mol. The van der Waals surface area contributed by atoms with Gasteiger partial charge in [0.1, 0.15) is 15.6 Å². The van der Waals surface area contributed by atoms with Gasteiger partial charge in [0.15, 0.2) is 0 Å². The summed E-state index contributed by atoms with van der Waals surface area (Å²) in [6, 6.07) is 3.81. The second-order valence-corrected chi connectivity index (χ2v) is 11.0. The number of nitrogens with one attached hydrogen (secondary N) is 1. The summed E-state index contributed by atoms with van der Waals surface area (Å²) < 4.78 is 32.4. The fourth-order valence-corrected chi connectivity index (χ4v) is 6.98. The molecule has 0 radical (unpaired) electrons. The van der Waals surface area contributed by atoms with Gasteiger partial charge < -0.3 is 15.0 Å². The van der Waals surface area contributed by atoms with Crippen molar-refractivity contribution in [2.45, 2.75) is 50.0 Å². The number of carbonyl (C=O) groups excluding carboxylic acids is 1. The summed E-state index contributed by atoms with van der Waals surface area (Å²) in [6.45, 7) is 3.59. The van der Waals surface area contributed by atoms with Gasteiger partial charge in [0.05, 0.1) is 7.11 Å². The molecule has 1 N–H and O–H groups in total. The van der Waals surface area contributed by atoms with Crippen molar-refractivity contribution in [3.05, 3.63) is 28.1 Å². The maximum Gasteiger partial charge on any atom is 0.349 e. The van der Waals surface area contributed by atoms with Gasteiger partial charge in [-0.25, -0.2) is 18.2 Å². The number of thiophene rings is 1. The topological polar surface area (TPSA) is 105 Å². The van der Waals surface area contributed by atoms with Crippen molar-refractivity contribution in [2.24, 2.45) is 0 Å². The van der Waals surface area contributed by atoms with Crippen LogP contribution in [0.4, 0.5) is 11.8 Å². The normalized spacial score (nSPS) is 18.5. The molecule has 1 saturated heterocycles. The van der Waals surface area contributed by atoms with Crippen molar-refractivity contribution >= 4 is 39.1 Å². The highest BCUT2D eigenvalue weighted by atomic mass is 32.2. The molecule has 32 heavy (non-hydrogen) atoms. The summed E-state index contributed by atoms with van der Waals surface area (Å²) in [5.74, 6) is 0.813. The maximum atomic E-state index is 13.1. The number of sulfonamides is 1. The van der Waals surface area contributed by atoms with Gasteiger partial charge in [0.25, 0.3) is 0 Å². The fraction of sp³-hybridized carbons (Fsp3) is 0.571. The highest BCUT2D eigenvalue weighted by Crippen LogP contribution is 2.28. The van der Waals surface area contributed by atoms with E-state index in [1.165, 1.54) is 36.7 Å². The number of esters is 1. The van der Waals surface area contributed by atoms with Crippen LogP contribution >= 0.6 is 11.3 Å². The first-order valence-corrected chi connectivity index (χ1v) is 13.2. The Kier molecular flexibility index (Phi) is 6.96. The molecule has 0 aromatic carbocycles. The van der Waals surface area contributed by atoms with Gasteiger partial charge in [0.2, 0.25) is 16.0 Å². The van der Waals surface area contributed by atoms with Crippen molar-refractivity contribution in [3.63, 3.8) is 0 Å². The minimum Gasteiger partial charge on any atom is -0.465 e. The second-order valence-electron chi connectivity index (χ2n) is 8.17. The summed E-state index contributed by atoms with van der Waals surface area (Å²) in [7, 11) is -2.53. The van der Waals surface area contributed by atoms with Crippen molar-refractivity contribution in [3.8, 4) is 0 Å². The van der Waals surface area contributed by atoms with Crippen LogP contribution in [0.2, 0.25) is 0 Å². The molecule has 11 heteroatoms. The van der Waals surface area contributed by atoms with Crippen LogP contribution in [0.25, 0.3) is 0 Å². The molecule has 2 fully saturated rings. The molecule has 0 bridgehead atoms. The number of ether oxygens (including phenoxy) is 1. The largest absolute Gasteiger partial charge is 0.465 e. The average Bonchev–Trinajstić information content (AvgIpc) is 3.30. The van der Waals surface area contributed by atoms with E-state index in [-0.39, 0.29) is 9.77 Å². The van der Waals surface area contributed by atoms with Gasteiger partial charge in [-0.3, -0.25) is 0 Å². The number of hydrogen-bond donors (Lipinski definition) is 1. The third-order valence-electron chi connectivity index (χ3n) is 5.96. The van der Waals surface area contributed by atoms with Crippen molar-refractivity contribution in [1.29, 1.82) is 0 Å². The predicted octanol–water partition coefficient (Wildman–Crippen LogP) is 2.89. The molecule has 0 unspecified atom stereocenters. The lowest BCUT2D eigenvalue weighted by molar-refractivity contribution is 0.0602. The molecule has 3 heterocycles. The van der Waals surface area contributed by atoms with Crippen LogP contribution in [-0.4, -0.2) is 68.0 Å². The standard InChI is InChI=1S/C21H29N5O4S2/c1-15-14-18(24-21(22-15)23-16-6-4-3-5-7-16)25-9-11-26(12-10-25)32(28,29)17-8-13-31-19(17)20(27)30-2/h8,13-14,16H,3-7,9-12H2,1-2H3,(H,22,23,24). The number of carbonyl (C=O) groups is 1. The highest BCUT2D eigenvalue weighted by molar-refractivity contribution is 7.89. The lowest BCUT2D eigenvalue weighted by Gasteiger charge is -2.35. The molecular formula is C21H29N5O4S2. The zero-order chi connectivity index (χ0) is 22.7. The van der Waals surface area contributed by atoms with E-state index in [2.05, 4.69) is 15.2 Å². The molecule has 2 aromatic heterocycles. The van der Waals surface area contributed by atoms with E-state index >= 15 is 0 Å². The highest BCUT2D eigenvalue weighted by Gasteiger charge is 2.33. The smallest absolute Gasteiger partial charge is 0.349 e. The number of piperazine rings is 1. The van der Waals surface area contributed by atoms with Gasteiger partial charge >= 0.3 is 5.97 Å². The Bertz CT molecular complexity index is 1060. The Morgan fingerprint density at radius 2 is 1.88 bits per heavy atom. The SMILES string of the molecule is COC(=O)c1sccc1S(=O)(=O)N1CCN(c2cc(C)nc(NC3CCCCC3)n2)CC1. The Labute approximate surface area is 192 Å². The van der Waals surface area contributed by atoms with Crippen LogP contribution in [0.3, 0.4) is 0 Å². The fourth-order valence-electron chi connectivity index (χ4n) is 4.25. The first-order valence-electron chi connectivity index (χ1n) is 10.9. The van der Waals surface area contributed by atoms with E-state index in [0.717, 1.165) is 35.7 Å². The molecule has 9 nitrogen and oxygen atoms in total. The first-order chi connectivity index (χ1) is 15.4. The molecule has 174 valence electrons. The lowest BCUT2D eigenvalue weighted by Crippen LogP contribution is -2.49. The molecule has 0 amide bonds. The second kappa shape index (κ2) is 9.72. The zero-order valence-corrected chi connectivity index (χ0v) is 20.0. The van der Waals surface area contributed by atoms with Crippen molar-refractivity contribution < 1.29 is 17.9 Å². The Morgan fingerprint density at radius 3 is 2.56 bits per heavy atom. The van der Waals surface area contributed by atoms with Crippen LogP contribution in [-0.2, 0) is 14.8 Å². The molecule has 0 spiro atoms. The molecular weight excluding hydrogens is 450 g/mol. The zero-order valence-electron chi connectivity index (χ0n) is 18.4. The van der Waals surface area contributed by atoms with Crippen LogP contribution in [0.1, 0.15) is 47.5 Å². The summed E-state index contributed by atoms with van der Waals surface area (Å²) in [5.41, 5.74) is 0.879. The minimum absolute atomic E-state index is 0.0136. The number of anilines is 2. The van der Waals surface area contributed by atoms with Gasteiger partial charge in [-0.05, 0) is 31.2 Å². The van der Waals surface area contributed by atoms with E-state index < -0.39 is 16.0 Å². The number of nitrogens with zero attached hydrogens (tertiary/aromatic N) is 4. The Hall–Kier alpha value is -2.24. The number of hydrogen-bond acceptors (Lipinski definition) is 9. The van der Waals surface area contributed by atoms with E-state index in [0.29, 0.717) is 38.2 Å². The van der Waals surface area contributed by atoms with Crippen LogP contribution in [0, 0.1) is 6.92 Å². The molecule has 2 aromatic rings. The number of aromatic nitrogens is 2. The number of rotatable bonds is 6. The molecule has 1 saturated carbocycles. The number of aryl methyl sites for hydroxylation is 1. The monoisotopic (exact) mass is 479 g/mol. The van der Waals surface area contributed by atoms with E-state index in [9.17, 15) is 13.2 Å². The van der Waals surface area contributed by atoms with Gasteiger partial charge in [-0.1, -0.05) is 19.3 Å². The summed E-state index contributed by atoms with van der Waals surface area (Å²) >= 11 is 1.07. The quantitative estimate of drug-likeness (QED) is 0.631. The molecule has 2 aliphatic rings. The van der Waals surface area contributed by atoms with Crippen LogP contribution in [0.15, 0.2) is 22.4 Å². The molecule has 0 atom stereocenters. The van der Waals surface area contributed by atoms with E-state index in [1.54, 1.807) is 5.38 Å². The third-order valence-corrected chi connectivity index (χ3v) is 8.92. The van der Waals surface area contributed by atoms with Gasteiger partial charge in [-0.15, -0.1) is 11.3 Å². The molecule has 4 rings (SSSR count). The minimum atomic E-state index is -3.77. The van der Waals surface area contributed by atoms with E-state index in [1.807, 2.05) is 13.0 Å². The molecule has 1 aliphatic heterocycles. The third kappa shape index (κ3) is 4.89. The summed E-state index contributed by atoms with van der Waals surface area (Å²) in [5, 5.41) is 5.07. The summed E-state index contributed by atoms with van der Waals surface area (Å²) in [4.78, 5) is 23.4. The number of methoxy groups -OCH3 is 1. The van der Waals surface area contributed by atoms with Gasteiger partial charge in [0, 0.05) is 44.0 Å². The first kappa shape index (κ1) is 22.9. The van der Waals surface area contributed by atoms with Crippen LogP contribution < -0.4 is 10.2 Å². The lowest BCUT2D eigenvalue weighted by atomic mass is 9.96. The summed E-state index contributed by atoms with van der Waals surface area (Å²) in [6.07, 6.45) is 6.03. The van der Waals surface area contributed by atoms with E-state index in [4.69, 9.17) is 9.72 Å². The Balaban J connectivity index is 1.44. The van der Waals surface area contributed by atoms with Crippen molar-refractivity contribution in [2.75, 3.05) is 43.5 Å². The average molecular weight is 480 g/mol. The molecule has 1 aliphatic carbocycles. The van der Waals surface area contributed by atoms with Crippen molar-refractivity contribution in [1.82, 2.24) is 14.3 Å².